The molecule has 0 radical (unpaired) electrons. The van der Waals surface area contributed by atoms with Crippen molar-refractivity contribution in [3.05, 3.63) is 95.4 Å². The molecule has 0 unspecified atom stereocenters. The fourth-order valence-corrected chi connectivity index (χ4v) is 4.92. The van der Waals surface area contributed by atoms with Crippen molar-refractivity contribution in [2.45, 2.75) is 25.9 Å². The normalized spacial score (nSPS) is 12.9. The first-order valence-electron chi connectivity index (χ1n) is 12.9. The van der Waals surface area contributed by atoms with E-state index in [9.17, 15) is 14.9 Å². The van der Waals surface area contributed by atoms with E-state index in [0.717, 1.165) is 43.5 Å². The van der Waals surface area contributed by atoms with E-state index < -0.39 is 5.82 Å². The van der Waals surface area contributed by atoms with Gasteiger partial charge >= 0.3 is 0 Å². The van der Waals surface area contributed by atoms with Crippen LogP contribution in [-0.4, -0.2) is 25.2 Å². The van der Waals surface area contributed by atoms with Crippen LogP contribution in [0, 0.1) is 28.5 Å². The predicted octanol–water partition coefficient (Wildman–Crippen LogP) is 6.88. The van der Waals surface area contributed by atoms with Gasteiger partial charge in [0.25, 0.3) is 0 Å². The maximum absolute atomic E-state index is 14.8. The number of ether oxygens (including phenoxy) is 2. The molecule has 0 amide bonds. The number of hydrogen-bond acceptors (Lipinski definition) is 6. The van der Waals surface area contributed by atoms with E-state index in [1.807, 2.05) is 54.6 Å². The van der Waals surface area contributed by atoms with Gasteiger partial charge in [-0.05, 0) is 60.2 Å². The van der Waals surface area contributed by atoms with Crippen LogP contribution >= 0.6 is 0 Å². The Hall–Kier alpha value is -4.88. The Morgan fingerprint density at radius 3 is 2.36 bits per heavy atom. The lowest BCUT2D eigenvalue weighted by Crippen LogP contribution is -2.31. The van der Waals surface area contributed by atoms with E-state index >= 15 is 0 Å². The molecular weight excluding hydrogens is 491 g/mol. The average Bonchev–Trinajstić information content (AvgIpc) is 3.00. The van der Waals surface area contributed by atoms with Crippen LogP contribution < -0.4 is 14.4 Å². The number of rotatable bonds is 7. The van der Waals surface area contributed by atoms with Crippen molar-refractivity contribution in [2.24, 2.45) is 0 Å². The van der Waals surface area contributed by atoms with Gasteiger partial charge in [0.2, 0.25) is 0 Å². The predicted molar refractivity (Wildman–Crippen MR) is 148 cm³/mol. The Kier molecular flexibility index (Phi) is 7.70. The average molecular weight is 519 g/mol. The van der Waals surface area contributed by atoms with Crippen molar-refractivity contribution in [1.29, 1.82) is 10.5 Å². The zero-order valence-corrected chi connectivity index (χ0v) is 21.7. The van der Waals surface area contributed by atoms with E-state index in [0.29, 0.717) is 46.2 Å². The fourth-order valence-electron chi connectivity index (χ4n) is 4.92. The number of methoxy groups -OCH3 is 1. The molecule has 194 valence electrons. The van der Waals surface area contributed by atoms with Crippen molar-refractivity contribution in [3.63, 3.8) is 0 Å². The number of piperidine rings is 1. The van der Waals surface area contributed by atoms with Crippen molar-refractivity contribution in [2.75, 3.05) is 25.1 Å². The summed E-state index contributed by atoms with van der Waals surface area (Å²) in [7, 11) is 1.58. The molecule has 0 atom stereocenters. The molecule has 2 heterocycles. The Labute approximate surface area is 227 Å². The van der Waals surface area contributed by atoms with E-state index in [4.69, 9.17) is 14.5 Å². The monoisotopic (exact) mass is 518 g/mol. The molecule has 7 heteroatoms. The Morgan fingerprint density at radius 1 is 0.897 bits per heavy atom. The molecule has 1 aliphatic heterocycles. The van der Waals surface area contributed by atoms with E-state index in [1.165, 1.54) is 12.1 Å². The number of nitriles is 2. The van der Waals surface area contributed by atoms with Crippen LogP contribution in [0.4, 0.5) is 10.2 Å². The van der Waals surface area contributed by atoms with Crippen LogP contribution in [0.15, 0.2) is 72.9 Å². The van der Waals surface area contributed by atoms with E-state index in [1.54, 1.807) is 19.4 Å². The third kappa shape index (κ3) is 5.39. The van der Waals surface area contributed by atoms with Gasteiger partial charge in [-0.1, -0.05) is 42.5 Å². The first kappa shape index (κ1) is 25.8. The molecule has 1 aromatic heterocycles. The molecular formula is C32H27FN4O2. The van der Waals surface area contributed by atoms with Gasteiger partial charge in [-0.2, -0.15) is 10.5 Å². The van der Waals surface area contributed by atoms with Crippen LogP contribution in [0.5, 0.6) is 11.5 Å². The molecule has 4 aromatic rings. The maximum atomic E-state index is 14.8. The standard InChI is InChI=1S/C32H27FN4O2/c1-38-29-13-12-23(17-30(29)39-21-22-8-4-2-5-9-22)27-20-36-32(37-14-6-3-7-15-37)26(19-35)31(27)24-10-11-25(18-34)28(33)16-24/h2,4-5,8-13,16-17,20H,3,6-7,14-15,21H2,1H3. The lowest BCUT2D eigenvalue weighted by molar-refractivity contribution is 0.284. The van der Waals surface area contributed by atoms with Gasteiger partial charge in [0.15, 0.2) is 11.5 Å². The minimum atomic E-state index is -0.636. The van der Waals surface area contributed by atoms with Gasteiger partial charge in [-0.15, -0.1) is 0 Å². The van der Waals surface area contributed by atoms with Crippen LogP contribution in [0.1, 0.15) is 36.0 Å². The molecule has 6 nitrogen and oxygen atoms in total. The molecule has 0 aliphatic carbocycles. The highest BCUT2D eigenvalue weighted by molar-refractivity contribution is 5.90. The molecule has 0 bridgehead atoms. The summed E-state index contributed by atoms with van der Waals surface area (Å²) >= 11 is 0. The summed E-state index contributed by atoms with van der Waals surface area (Å²) in [5, 5.41) is 19.6. The molecule has 5 rings (SSSR count). The number of benzene rings is 3. The summed E-state index contributed by atoms with van der Waals surface area (Å²) in [5.41, 5.74) is 3.80. The second-order valence-corrected chi connectivity index (χ2v) is 9.35. The highest BCUT2D eigenvalue weighted by Gasteiger charge is 2.24. The Bertz CT molecular complexity index is 1570. The van der Waals surface area contributed by atoms with Crippen LogP contribution in [0.3, 0.4) is 0 Å². The highest BCUT2D eigenvalue weighted by Crippen LogP contribution is 2.41. The van der Waals surface area contributed by atoms with Crippen molar-refractivity contribution in [1.82, 2.24) is 4.98 Å². The van der Waals surface area contributed by atoms with Gasteiger partial charge in [0.05, 0.1) is 12.7 Å². The van der Waals surface area contributed by atoms with E-state index in [2.05, 4.69) is 11.0 Å². The van der Waals surface area contributed by atoms with Gasteiger partial charge in [0.1, 0.15) is 35.9 Å². The number of aromatic nitrogens is 1. The third-order valence-corrected chi connectivity index (χ3v) is 6.92. The zero-order chi connectivity index (χ0) is 27.2. The largest absolute Gasteiger partial charge is 0.493 e. The summed E-state index contributed by atoms with van der Waals surface area (Å²) < 4.78 is 26.5. The fraction of sp³-hybridized carbons (Fsp3) is 0.219. The van der Waals surface area contributed by atoms with Crippen LogP contribution in [-0.2, 0) is 6.61 Å². The quantitative estimate of drug-likeness (QED) is 0.265. The lowest BCUT2D eigenvalue weighted by Gasteiger charge is -2.29. The second-order valence-electron chi connectivity index (χ2n) is 9.35. The summed E-state index contributed by atoms with van der Waals surface area (Å²) in [5.74, 6) is 1.06. The molecule has 1 aliphatic rings. The lowest BCUT2D eigenvalue weighted by atomic mass is 9.91. The molecule has 1 saturated heterocycles. The van der Waals surface area contributed by atoms with Gasteiger partial charge < -0.3 is 14.4 Å². The first-order chi connectivity index (χ1) is 19.1. The topological polar surface area (TPSA) is 82.2 Å². The van der Waals surface area contributed by atoms with Crippen molar-refractivity contribution >= 4 is 5.82 Å². The van der Waals surface area contributed by atoms with Gasteiger partial charge in [-0.25, -0.2) is 9.37 Å². The summed E-state index contributed by atoms with van der Waals surface area (Å²) in [6.07, 6.45) is 4.92. The molecule has 1 fully saturated rings. The van der Waals surface area contributed by atoms with Crippen molar-refractivity contribution in [3.8, 4) is 45.9 Å². The van der Waals surface area contributed by atoms with Gasteiger partial charge in [0, 0.05) is 30.4 Å². The van der Waals surface area contributed by atoms with Crippen LogP contribution in [0.2, 0.25) is 0 Å². The maximum Gasteiger partial charge on any atom is 0.162 e. The summed E-state index contributed by atoms with van der Waals surface area (Å²) in [6.45, 7) is 1.97. The molecule has 3 aromatic carbocycles. The number of pyridine rings is 1. The number of nitrogens with zero attached hydrogens (tertiary/aromatic N) is 4. The zero-order valence-electron chi connectivity index (χ0n) is 21.7. The van der Waals surface area contributed by atoms with Gasteiger partial charge in [-0.3, -0.25) is 0 Å². The van der Waals surface area contributed by atoms with Crippen molar-refractivity contribution < 1.29 is 13.9 Å². The smallest absolute Gasteiger partial charge is 0.162 e. The molecule has 0 spiro atoms. The van der Waals surface area contributed by atoms with E-state index in [-0.39, 0.29) is 5.56 Å². The Morgan fingerprint density at radius 2 is 1.67 bits per heavy atom. The number of halogens is 1. The molecule has 39 heavy (non-hydrogen) atoms. The summed E-state index contributed by atoms with van der Waals surface area (Å²) in [4.78, 5) is 6.87. The summed E-state index contributed by atoms with van der Waals surface area (Å²) in [6, 6.07) is 24.0. The third-order valence-electron chi connectivity index (χ3n) is 6.92. The minimum Gasteiger partial charge on any atom is -0.493 e. The molecule has 0 N–H and O–H groups in total. The van der Waals surface area contributed by atoms with Crippen LogP contribution in [0.25, 0.3) is 22.3 Å². The molecule has 0 saturated carbocycles. The second kappa shape index (κ2) is 11.7. The number of hydrogen-bond donors (Lipinski definition) is 0. The minimum absolute atomic E-state index is 0.0508. The Balaban J connectivity index is 1.65. The SMILES string of the molecule is COc1ccc(-c2cnc(N3CCCCC3)c(C#N)c2-c2ccc(C#N)c(F)c2)cc1OCc1ccccc1. The first-order valence-corrected chi connectivity index (χ1v) is 12.9. The highest BCUT2D eigenvalue weighted by atomic mass is 19.1. The number of anilines is 1.